The lowest BCUT2D eigenvalue weighted by Gasteiger charge is -2.28. The van der Waals surface area contributed by atoms with E-state index in [1.165, 1.54) is 170 Å². The average molecular weight is 695 g/mol. The Balaban J connectivity index is 1.34. The summed E-state index contributed by atoms with van der Waals surface area (Å²) in [7, 11) is 0. The third kappa shape index (κ3) is 6.66. The van der Waals surface area contributed by atoms with E-state index in [1.54, 1.807) is 0 Å². The van der Waals surface area contributed by atoms with E-state index in [1.807, 2.05) is 0 Å². The Morgan fingerprint density at radius 2 is 0.596 bits per heavy atom. The number of hydrogen-bond donors (Lipinski definition) is 2. The number of fused-ring (bicyclic) bond motifs is 8. The summed E-state index contributed by atoms with van der Waals surface area (Å²) in [6, 6.07) is 9.64. The van der Waals surface area contributed by atoms with Crippen LogP contribution >= 0.6 is 0 Å². The van der Waals surface area contributed by atoms with E-state index in [0.29, 0.717) is 23.7 Å². The van der Waals surface area contributed by atoms with Crippen LogP contribution in [0.2, 0.25) is 0 Å². The van der Waals surface area contributed by atoms with Crippen molar-refractivity contribution in [1.29, 1.82) is 0 Å². The highest BCUT2D eigenvalue weighted by molar-refractivity contribution is 5.84. The van der Waals surface area contributed by atoms with Crippen molar-refractivity contribution in [2.45, 2.75) is 154 Å². The second-order valence-electron chi connectivity index (χ2n) is 18.5. The molecule has 0 spiro atoms. The summed E-state index contributed by atoms with van der Waals surface area (Å²) >= 11 is 0. The number of aromatic amines is 2. The summed E-state index contributed by atoms with van der Waals surface area (Å²) in [6.07, 6.45) is 29.8. The highest BCUT2D eigenvalue weighted by atomic mass is 14.8. The predicted molar refractivity (Wildman–Crippen MR) is 220 cm³/mol. The van der Waals surface area contributed by atoms with Gasteiger partial charge in [-0.1, -0.05) is 79.1 Å². The molecule has 0 unspecified atom stereocenters. The fraction of sp³-hybridized carbons (Fsp3) is 0.583. The minimum Gasteiger partial charge on any atom is -0.355 e. The Morgan fingerprint density at radius 3 is 0.923 bits per heavy atom. The SMILES string of the molecule is CC1CCC(c2c3nc(c(C4CCC(C)CC4)c4ccc([nH]4)c(C4CCC(C)CC4)c4ccc([nH]4)c(C4CCC(C)CC4)c4nc2C=C4)C=C3)CC1. The normalized spacial score (nSPS) is 30.8. The summed E-state index contributed by atoms with van der Waals surface area (Å²) < 4.78 is 0. The molecule has 0 saturated heterocycles. The first-order valence-electron chi connectivity index (χ1n) is 21.5. The molecular formula is C48H62N4. The molecule has 4 heteroatoms. The van der Waals surface area contributed by atoms with Crippen molar-refractivity contribution in [3.8, 4) is 0 Å². The molecule has 6 aliphatic rings. The zero-order valence-electron chi connectivity index (χ0n) is 32.4. The zero-order valence-corrected chi connectivity index (χ0v) is 32.4. The van der Waals surface area contributed by atoms with E-state index >= 15 is 0 Å². The summed E-state index contributed by atoms with van der Waals surface area (Å²) in [5.41, 5.74) is 15.6. The highest BCUT2D eigenvalue weighted by Gasteiger charge is 2.30. The lowest BCUT2D eigenvalue weighted by Crippen LogP contribution is -2.14. The molecule has 4 fully saturated rings. The van der Waals surface area contributed by atoms with Crippen molar-refractivity contribution in [1.82, 2.24) is 19.9 Å². The van der Waals surface area contributed by atoms with Gasteiger partial charge in [-0.15, -0.1) is 0 Å². The van der Waals surface area contributed by atoms with Crippen LogP contribution in [-0.2, 0) is 0 Å². The highest BCUT2D eigenvalue weighted by Crippen LogP contribution is 2.45. The van der Waals surface area contributed by atoms with Crippen molar-refractivity contribution in [3.05, 3.63) is 69.3 Å². The Hall–Kier alpha value is -3.40. The van der Waals surface area contributed by atoms with Gasteiger partial charge in [-0.05, 0) is 147 Å². The summed E-state index contributed by atoms with van der Waals surface area (Å²) in [6.45, 7) is 9.75. The van der Waals surface area contributed by atoms with Crippen LogP contribution in [0.5, 0.6) is 0 Å². The van der Waals surface area contributed by atoms with Crippen molar-refractivity contribution < 1.29 is 0 Å². The monoisotopic (exact) mass is 694 g/mol. The summed E-state index contributed by atoms with van der Waals surface area (Å²) in [5.74, 6) is 5.35. The molecule has 274 valence electrons. The average Bonchev–Trinajstić information content (AvgIpc) is 3.99. The molecule has 3 aromatic heterocycles. The molecule has 0 radical (unpaired) electrons. The topological polar surface area (TPSA) is 57.4 Å². The molecule has 9 rings (SSSR count). The van der Waals surface area contributed by atoms with E-state index in [-0.39, 0.29) is 0 Å². The van der Waals surface area contributed by atoms with Crippen LogP contribution in [0.25, 0.3) is 46.4 Å². The van der Waals surface area contributed by atoms with E-state index in [0.717, 1.165) is 23.7 Å². The van der Waals surface area contributed by atoms with Crippen LogP contribution in [0.1, 0.15) is 199 Å². The van der Waals surface area contributed by atoms with Crippen LogP contribution in [-0.4, -0.2) is 19.9 Å². The number of nitrogens with one attached hydrogen (secondary N) is 2. The van der Waals surface area contributed by atoms with Gasteiger partial charge in [0.25, 0.3) is 0 Å². The first kappa shape index (κ1) is 34.4. The Morgan fingerprint density at radius 1 is 0.346 bits per heavy atom. The Labute approximate surface area is 312 Å². The maximum atomic E-state index is 5.65. The molecule has 4 saturated carbocycles. The van der Waals surface area contributed by atoms with Gasteiger partial charge in [0.1, 0.15) is 0 Å². The van der Waals surface area contributed by atoms with E-state index < -0.39 is 0 Å². The number of rotatable bonds is 4. The molecule has 4 nitrogen and oxygen atoms in total. The molecule has 4 aliphatic carbocycles. The second-order valence-corrected chi connectivity index (χ2v) is 18.5. The van der Waals surface area contributed by atoms with Gasteiger partial charge in [0, 0.05) is 44.3 Å². The minimum atomic E-state index is 0.503. The summed E-state index contributed by atoms with van der Waals surface area (Å²) in [5, 5.41) is 0. The first-order valence-corrected chi connectivity index (χ1v) is 21.5. The van der Waals surface area contributed by atoms with Gasteiger partial charge < -0.3 is 9.97 Å². The fourth-order valence-electron chi connectivity index (χ4n) is 11.2. The number of nitrogens with zero attached hydrogens (tertiary/aromatic N) is 2. The van der Waals surface area contributed by atoms with Gasteiger partial charge in [0.15, 0.2) is 0 Å². The van der Waals surface area contributed by atoms with Crippen LogP contribution in [0.3, 0.4) is 0 Å². The Bertz CT molecular complexity index is 1870. The van der Waals surface area contributed by atoms with Crippen LogP contribution in [0.15, 0.2) is 24.3 Å². The number of aromatic nitrogens is 4. The quantitative estimate of drug-likeness (QED) is 0.197. The van der Waals surface area contributed by atoms with E-state index in [4.69, 9.17) is 9.97 Å². The third-order valence-electron chi connectivity index (χ3n) is 14.6. The van der Waals surface area contributed by atoms with Crippen LogP contribution in [0.4, 0.5) is 0 Å². The number of hydrogen-bond acceptors (Lipinski definition) is 2. The van der Waals surface area contributed by atoms with Crippen LogP contribution < -0.4 is 0 Å². The van der Waals surface area contributed by atoms with Crippen molar-refractivity contribution in [2.24, 2.45) is 23.7 Å². The van der Waals surface area contributed by atoms with Crippen molar-refractivity contribution in [2.75, 3.05) is 0 Å². The molecule has 2 aliphatic heterocycles. The van der Waals surface area contributed by atoms with Gasteiger partial charge in [-0.25, -0.2) is 9.97 Å². The molecule has 5 heterocycles. The van der Waals surface area contributed by atoms with Gasteiger partial charge in [-0.2, -0.15) is 0 Å². The minimum absolute atomic E-state index is 0.503. The van der Waals surface area contributed by atoms with E-state index in [2.05, 4.69) is 86.2 Å². The van der Waals surface area contributed by atoms with Crippen molar-refractivity contribution >= 4 is 46.4 Å². The third-order valence-corrected chi connectivity index (χ3v) is 14.6. The Kier molecular flexibility index (Phi) is 9.55. The fourth-order valence-corrected chi connectivity index (χ4v) is 11.2. The second kappa shape index (κ2) is 14.4. The standard InChI is InChI=1S/C48H62N4/c1-29-5-13-33(14-6-29)45-37-21-23-39(49-37)46(34-15-7-30(2)8-16-34)41-25-27-43(51-41)48(36-19-11-32(4)12-20-36)44-28-26-42(52-44)47(40-24-22-38(45)50-40)35-17-9-31(3)10-18-35/h21-36,49-50H,5-20H2,1-4H3. The van der Waals surface area contributed by atoms with Gasteiger partial charge in [0.2, 0.25) is 0 Å². The maximum Gasteiger partial charge on any atom is 0.0694 e. The largest absolute Gasteiger partial charge is 0.355 e. The summed E-state index contributed by atoms with van der Waals surface area (Å²) in [4.78, 5) is 19.5. The van der Waals surface area contributed by atoms with Gasteiger partial charge >= 0.3 is 0 Å². The van der Waals surface area contributed by atoms with Crippen molar-refractivity contribution in [3.63, 3.8) is 0 Å². The van der Waals surface area contributed by atoms with Crippen LogP contribution in [0, 0.1) is 23.7 Å². The van der Waals surface area contributed by atoms with Gasteiger partial charge in [0.05, 0.1) is 22.8 Å². The molecule has 3 aromatic rings. The predicted octanol–water partition coefficient (Wildman–Crippen LogP) is 13.8. The lowest BCUT2D eigenvalue weighted by molar-refractivity contribution is 0.346. The smallest absolute Gasteiger partial charge is 0.0694 e. The van der Waals surface area contributed by atoms with E-state index in [9.17, 15) is 0 Å². The molecular weight excluding hydrogens is 633 g/mol. The zero-order chi connectivity index (χ0) is 35.3. The number of H-pyrrole nitrogens is 2. The molecule has 8 bridgehead atoms. The first-order chi connectivity index (χ1) is 25.4. The maximum absolute atomic E-state index is 5.65. The molecule has 0 amide bonds. The molecule has 52 heavy (non-hydrogen) atoms. The molecule has 0 aromatic carbocycles. The molecule has 0 atom stereocenters. The molecule has 2 N–H and O–H groups in total. The van der Waals surface area contributed by atoms with Gasteiger partial charge in [-0.3, -0.25) is 0 Å². The lowest BCUT2D eigenvalue weighted by atomic mass is 9.78.